The van der Waals surface area contributed by atoms with Crippen LogP contribution in [0.1, 0.15) is 70.5 Å². The van der Waals surface area contributed by atoms with E-state index in [0.29, 0.717) is 13.0 Å². The molecule has 3 rings (SSSR count). The van der Waals surface area contributed by atoms with E-state index in [2.05, 4.69) is 28.1 Å². The van der Waals surface area contributed by atoms with E-state index in [9.17, 15) is 14.4 Å². The van der Waals surface area contributed by atoms with Crippen molar-refractivity contribution < 1.29 is 14.4 Å². The number of carbonyl (C=O) groups excluding carboxylic acids is 3. The summed E-state index contributed by atoms with van der Waals surface area (Å²) in [6.45, 7) is 8.09. The average Bonchev–Trinajstić information content (AvgIpc) is 3.26. The van der Waals surface area contributed by atoms with Gasteiger partial charge in [-0.25, -0.2) is 0 Å². The van der Waals surface area contributed by atoms with Crippen molar-refractivity contribution >= 4 is 17.7 Å². The fourth-order valence-corrected chi connectivity index (χ4v) is 4.69. The van der Waals surface area contributed by atoms with Crippen LogP contribution in [-0.2, 0) is 20.8 Å². The van der Waals surface area contributed by atoms with Gasteiger partial charge in [0.2, 0.25) is 17.7 Å². The molecule has 176 valence electrons. The van der Waals surface area contributed by atoms with Gasteiger partial charge in [0.1, 0.15) is 12.1 Å². The summed E-state index contributed by atoms with van der Waals surface area (Å²) in [6.07, 6.45) is 4.41. The molecule has 1 unspecified atom stereocenters. The summed E-state index contributed by atoms with van der Waals surface area (Å²) in [5, 5.41) is 9.04. The van der Waals surface area contributed by atoms with Crippen molar-refractivity contribution in [2.24, 2.45) is 5.41 Å². The second-order valence-corrected chi connectivity index (χ2v) is 10.2. The molecule has 0 bridgehead atoms. The van der Waals surface area contributed by atoms with Gasteiger partial charge in [-0.3, -0.25) is 14.4 Å². The Labute approximate surface area is 191 Å². The summed E-state index contributed by atoms with van der Waals surface area (Å²) in [7, 11) is 1.71. The zero-order valence-corrected chi connectivity index (χ0v) is 20.0. The van der Waals surface area contributed by atoms with Crippen molar-refractivity contribution in [2.75, 3.05) is 13.6 Å². The van der Waals surface area contributed by atoms with Crippen molar-refractivity contribution in [3.05, 3.63) is 35.4 Å². The molecular formula is C25H38N4O3. The minimum atomic E-state index is -0.699. The van der Waals surface area contributed by atoms with E-state index in [1.807, 2.05) is 32.9 Å². The van der Waals surface area contributed by atoms with Gasteiger partial charge in [0.15, 0.2) is 0 Å². The van der Waals surface area contributed by atoms with Crippen LogP contribution < -0.4 is 16.0 Å². The number of hydrogen-bond donors (Lipinski definition) is 3. The minimum absolute atomic E-state index is 0.0143. The van der Waals surface area contributed by atoms with E-state index >= 15 is 0 Å². The van der Waals surface area contributed by atoms with Gasteiger partial charge in [0.05, 0.1) is 12.1 Å². The first-order valence-corrected chi connectivity index (χ1v) is 11.8. The Morgan fingerprint density at radius 2 is 1.81 bits per heavy atom. The molecule has 3 amide bonds. The van der Waals surface area contributed by atoms with Gasteiger partial charge in [-0.15, -0.1) is 0 Å². The first-order valence-electron chi connectivity index (χ1n) is 11.8. The number of carbonyl (C=O) groups is 3. The number of hydrogen-bond acceptors (Lipinski definition) is 4. The predicted octanol–water partition coefficient (Wildman–Crippen LogP) is 2.31. The maximum atomic E-state index is 13.6. The number of amides is 3. The highest BCUT2D eigenvalue weighted by Crippen LogP contribution is 2.31. The van der Waals surface area contributed by atoms with Crippen LogP contribution in [0.2, 0.25) is 0 Å². The Hall–Kier alpha value is -2.41. The number of likely N-dealkylation sites (N-methyl/N-ethyl adjacent to an activating group) is 1. The Morgan fingerprint density at radius 3 is 2.50 bits per heavy atom. The summed E-state index contributed by atoms with van der Waals surface area (Å²) in [6, 6.07) is 6.65. The van der Waals surface area contributed by atoms with Crippen LogP contribution in [0.25, 0.3) is 0 Å². The topological polar surface area (TPSA) is 90.5 Å². The first kappa shape index (κ1) is 24.2. The highest BCUT2D eigenvalue weighted by atomic mass is 16.2. The Morgan fingerprint density at radius 1 is 1.09 bits per heavy atom. The maximum Gasteiger partial charge on any atom is 0.246 e. The minimum Gasteiger partial charge on any atom is -0.347 e. The number of rotatable bonds is 6. The van der Waals surface area contributed by atoms with E-state index < -0.39 is 23.5 Å². The standard InChI is InChI=1S/C25H38N4O3/c1-16(26-5)22(30)28-21(25(2,3)4)24(32)29-15-9-14-20(29)23(31)27-19-13-8-11-17-10-6-7-12-18(17)19/h6-7,10,12,16,19-21,26H,8-9,11,13-15H2,1-5H3,(H,27,31)(H,28,30)/t16-,19?,20-,21+/m0/s1. The number of nitrogens with one attached hydrogen (secondary N) is 3. The third-order valence-electron chi connectivity index (χ3n) is 6.75. The molecule has 1 aromatic carbocycles. The lowest BCUT2D eigenvalue weighted by molar-refractivity contribution is -0.144. The molecule has 1 aliphatic carbocycles. The third kappa shape index (κ3) is 5.31. The molecular weight excluding hydrogens is 404 g/mol. The third-order valence-corrected chi connectivity index (χ3v) is 6.75. The van der Waals surface area contributed by atoms with Crippen LogP contribution >= 0.6 is 0 Å². The van der Waals surface area contributed by atoms with Crippen LogP contribution in [0.4, 0.5) is 0 Å². The van der Waals surface area contributed by atoms with Crippen LogP contribution in [0, 0.1) is 5.41 Å². The molecule has 0 radical (unpaired) electrons. The molecule has 2 aliphatic rings. The van der Waals surface area contributed by atoms with Gasteiger partial charge in [-0.2, -0.15) is 0 Å². The molecule has 4 atom stereocenters. The Kier molecular flexibility index (Phi) is 7.59. The zero-order valence-electron chi connectivity index (χ0n) is 20.0. The van der Waals surface area contributed by atoms with Crippen LogP contribution in [0.15, 0.2) is 24.3 Å². The summed E-state index contributed by atoms with van der Waals surface area (Å²) < 4.78 is 0. The number of nitrogens with zero attached hydrogens (tertiary/aromatic N) is 1. The molecule has 7 nitrogen and oxygen atoms in total. The van der Waals surface area contributed by atoms with Crippen molar-refractivity contribution in [3.63, 3.8) is 0 Å². The highest BCUT2D eigenvalue weighted by molar-refractivity contribution is 5.94. The molecule has 1 aliphatic heterocycles. The van der Waals surface area contributed by atoms with Gasteiger partial charge in [-0.05, 0) is 62.6 Å². The second-order valence-electron chi connectivity index (χ2n) is 10.2. The quantitative estimate of drug-likeness (QED) is 0.631. The lowest BCUT2D eigenvalue weighted by atomic mass is 9.85. The van der Waals surface area contributed by atoms with Crippen LogP contribution in [0.3, 0.4) is 0 Å². The highest BCUT2D eigenvalue weighted by Gasteiger charge is 2.42. The molecule has 1 saturated heterocycles. The summed E-state index contributed by atoms with van der Waals surface area (Å²) in [4.78, 5) is 41.0. The Bertz CT molecular complexity index is 848. The van der Waals surface area contributed by atoms with E-state index in [-0.39, 0.29) is 23.8 Å². The van der Waals surface area contributed by atoms with Gasteiger partial charge < -0.3 is 20.9 Å². The van der Waals surface area contributed by atoms with Crippen LogP contribution in [0.5, 0.6) is 0 Å². The van der Waals surface area contributed by atoms with Gasteiger partial charge in [0, 0.05) is 6.54 Å². The molecule has 3 N–H and O–H groups in total. The van der Waals surface area contributed by atoms with E-state index in [1.165, 1.54) is 11.1 Å². The number of benzene rings is 1. The Balaban J connectivity index is 1.74. The molecule has 0 aromatic heterocycles. The molecule has 0 saturated carbocycles. The van der Waals surface area contributed by atoms with Crippen LogP contribution in [-0.4, -0.2) is 54.3 Å². The van der Waals surface area contributed by atoms with Crippen molar-refractivity contribution in [2.45, 2.75) is 84.0 Å². The predicted molar refractivity (Wildman–Crippen MR) is 125 cm³/mol. The number of fused-ring (bicyclic) bond motifs is 1. The normalized spacial score (nSPS) is 22.6. The zero-order chi connectivity index (χ0) is 23.5. The van der Waals surface area contributed by atoms with E-state index in [0.717, 1.165) is 25.7 Å². The largest absolute Gasteiger partial charge is 0.347 e. The smallest absolute Gasteiger partial charge is 0.246 e. The number of aryl methyl sites for hydroxylation is 1. The maximum absolute atomic E-state index is 13.6. The first-order chi connectivity index (χ1) is 15.1. The van der Waals surface area contributed by atoms with E-state index in [4.69, 9.17) is 0 Å². The van der Waals surface area contributed by atoms with Gasteiger partial charge in [-0.1, -0.05) is 45.0 Å². The number of likely N-dealkylation sites (tertiary alicyclic amines) is 1. The molecule has 7 heteroatoms. The SMILES string of the molecule is CN[C@@H](C)C(=O)N[C@H](C(=O)N1CCC[C@H]1C(=O)NC1CCCc2ccccc21)C(C)(C)C. The average molecular weight is 443 g/mol. The summed E-state index contributed by atoms with van der Waals surface area (Å²) in [5.41, 5.74) is 1.99. The van der Waals surface area contributed by atoms with Gasteiger partial charge >= 0.3 is 0 Å². The molecule has 32 heavy (non-hydrogen) atoms. The summed E-state index contributed by atoms with van der Waals surface area (Å²) in [5.74, 6) is -0.504. The molecule has 1 fully saturated rings. The molecule has 1 heterocycles. The van der Waals surface area contributed by atoms with Gasteiger partial charge in [0.25, 0.3) is 0 Å². The fourth-order valence-electron chi connectivity index (χ4n) is 4.69. The fraction of sp³-hybridized carbons (Fsp3) is 0.640. The monoisotopic (exact) mass is 442 g/mol. The second kappa shape index (κ2) is 10.0. The van der Waals surface area contributed by atoms with E-state index in [1.54, 1.807) is 18.9 Å². The van der Waals surface area contributed by atoms with Crippen molar-refractivity contribution in [3.8, 4) is 0 Å². The molecule has 0 spiro atoms. The lowest BCUT2D eigenvalue weighted by Crippen LogP contribution is -2.59. The lowest BCUT2D eigenvalue weighted by Gasteiger charge is -2.36. The summed E-state index contributed by atoms with van der Waals surface area (Å²) >= 11 is 0. The molecule has 1 aromatic rings. The van der Waals surface area contributed by atoms with Crippen molar-refractivity contribution in [1.29, 1.82) is 0 Å². The van der Waals surface area contributed by atoms with Crippen molar-refractivity contribution in [1.82, 2.24) is 20.9 Å².